The van der Waals surface area contributed by atoms with Gasteiger partial charge in [0, 0.05) is 18.6 Å². The van der Waals surface area contributed by atoms with E-state index in [0.717, 1.165) is 13.1 Å². The lowest BCUT2D eigenvalue weighted by Crippen LogP contribution is -2.32. The first kappa shape index (κ1) is 12.9. The molecule has 0 aromatic rings. The van der Waals surface area contributed by atoms with Crippen molar-refractivity contribution < 1.29 is 5.11 Å². The Hall–Kier alpha value is -0.0800. The van der Waals surface area contributed by atoms with Crippen LogP contribution < -0.4 is 5.32 Å². The predicted molar refractivity (Wildman–Crippen MR) is 57.9 cm³/mol. The Bertz CT molecular complexity index is 113. The van der Waals surface area contributed by atoms with Crippen LogP contribution in [0.4, 0.5) is 0 Å². The molecular weight excluding hydrogens is 162 g/mol. The second kappa shape index (κ2) is 7.34. The van der Waals surface area contributed by atoms with Crippen LogP contribution >= 0.6 is 0 Å². The monoisotopic (exact) mass is 187 g/mol. The molecule has 80 valence electrons. The molecule has 0 unspecified atom stereocenters. The van der Waals surface area contributed by atoms with Gasteiger partial charge < -0.3 is 10.4 Å². The second-order valence-corrected chi connectivity index (χ2v) is 4.56. The Kier molecular flexibility index (Phi) is 7.29. The van der Waals surface area contributed by atoms with Gasteiger partial charge in [0.25, 0.3) is 0 Å². The Morgan fingerprint density at radius 2 is 1.85 bits per heavy atom. The molecule has 2 nitrogen and oxygen atoms in total. The Morgan fingerprint density at radius 1 is 1.15 bits per heavy atom. The molecule has 0 aromatic heterocycles. The number of nitrogens with one attached hydrogen (secondary N) is 1. The largest absolute Gasteiger partial charge is 0.396 e. The quantitative estimate of drug-likeness (QED) is 0.571. The number of unbranched alkanes of at least 4 members (excludes halogenated alkanes) is 3. The summed E-state index contributed by atoms with van der Waals surface area (Å²) in [5, 5.41) is 12.4. The number of rotatable bonds is 8. The minimum absolute atomic E-state index is 0.0325. The van der Waals surface area contributed by atoms with Gasteiger partial charge in [-0.3, -0.25) is 0 Å². The van der Waals surface area contributed by atoms with Gasteiger partial charge in [0.15, 0.2) is 0 Å². The highest BCUT2D eigenvalue weighted by Crippen LogP contribution is 2.11. The lowest BCUT2D eigenvalue weighted by atomic mass is 9.95. The van der Waals surface area contributed by atoms with Crippen molar-refractivity contribution in [2.45, 2.75) is 46.5 Å². The van der Waals surface area contributed by atoms with Gasteiger partial charge in [-0.05, 0) is 13.0 Å². The third-order valence-electron chi connectivity index (χ3n) is 2.24. The van der Waals surface area contributed by atoms with Crippen molar-refractivity contribution in [3.05, 3.63) is 0 Å². The molecule has 0 rings (SSSR count). The number of aliphatic hydroxyl groups excluding tert-OH is 1. The minimum atomic E-state index is 0.0325. The predicted octanol–water partition coefficient (Wildman–Crippen LogP) is 2.17. The molecule has 2 heteroatoms. The molecule has 0 radical (unpaired) electrons. The summed E-state index contributed by atoms with van der Waals surface area (Å²) >= 11 is 0. The zero-order valence-corrected chi connectivity index (χ0v) is 9.40. The lowest BCUT2D eigenvalue weighted by molar-refractivity contribution is 0.157. The van der Waals surface area contributed by atoms with E-state index in [2.05, 4.69) is 26.1 Å². The topological polar surface area (TPSA) is 32.3 Å². The highest BCUT2D eigenvalue weighted by atomic mass is 16.3. The first-order valence-corrected chi connectivity index (χ1v) is 5.44. The molecule has 0 fully saturated rings. The fourth-order valence-corrected chi connectivity index (χ4v) is 1.16. The Balaban J connectivity index is 3.16. The molecule has 0 heterocycles. The maximum absolute atomic E-state index is 8.99. The standard InChI is InChI=1S/C11H25NO/c1-4-5-6-7-8-12-9-11(2,3)10-13/h12-13H,4-10H2,1-3H3. The smallest absolute Gasteiger partial charge is 0.0494 e. The van der Waals surface area contributed by atoms with E-state index in [1.807, 2.05) is 0 Å². The fourth-order valence-electron chi connectivity index (χ4n) is 1.16. The SMILES string of the molecule is CCCCCCNCC(C)(C)CO. The van der Waals surface area contributed by atoms with E-state index in [-0.39, 0.29) is 12.0 Å². The van der Waals surface area contributed by atoms with Crippen LogP contribution in [0.25, 0.3) is 0 Å². The van der Waals surface area contributed by atoms with E-state index in [0.29, 0.717) is 0 Å². The molecular formula is C11H25NO. The van der Waals surface area contributed by atoms with E-state index >= 15 is 0 Å². The first-order chi connectivity index (χ1) is 6.12. The molecule has 0 saturated carbocycles. The van der Waals surface area contributed by atoms with Crippen molar-refractivity contribution in [3.8, 4) is 0 Å². The number of hydrogen-bond acceptors (Lipinski definition) is 2. The number of hydrogen-bond donors (Lipinski definition) is 2. The summed E-state index contributed by atoms with van der Waals surface area (Å²) in [7, 11) is 0. The van der Waals surface area contributed by atoms with E-state index in [4.69, 9.17) is 5.11 Å². The molecule has 0 aromatic carbocycles. The van der Waals surface area contributed by atoms with Crippen molar-refractivity contribution in [2.24, 2.45) is 5.41 Å². The van der Waals surface area contributed by atoms with Crippen LogP contribution in [0, 0.1) is 5.41 Å². The van der Waals surface area contributed by atoms with E-state index < -0.39 is 0 Å². The van der Waals surface area contributed by atoms with Crippen LogP contribution in [0.3, 0.4) is 0 Å². The van der Waals surface area contributed by atoms with Crippen LogP contribution in [0.1, 0.15) is 46.5 Å². The van der Waals surface area contributed by atoms with E-state index in [1.54, 1.807) is 0 Å². The molecule has 0 saturated heterocycles. The van der Waals surface area contributed by atoms with Gasteiger partial charge in [-0.1, -0.05) is 40.0 Å². The van der Waals surface area contributed by atoms with Crippen LogP contribution in [-0.2, 0) is 0 Å². The summed E-state index contributed by atoms with van der Waals surface area (Å²) in [6.45, 7) is 8.63. The summed E-state index contributed by atoms with van der Waals surface area (Å²) in [5.74, 6) is 0. The molecule has 13 heavy (non-hydrogen) atoms. The van der Waals surface area contributed by atoms with Crippen LogP contribution in [0.2, 0.25) is 0 Å². The average molecular weight is 187 g/mol. The van der Waals surface area contributed by atoms with Crippen molar-refractivity contribution >= 4 is 0 Å². The molecule has 0 atom stereocenters. The summed E-state index contributed by atoms with van der Waals surface area (Å²) in [5.41, 5.74) is 0.0325. The van der Waals surface area contributed by atoms with Gasteiger partial charge >= 0.3 is 0 Å². The first-order valence-electron chi connectivity index (χ1n) is 5.44. The average Bonchev–Trinajstić information content (AvgIpc) is 2.11. The third kappa shape index (κ3) is 8.26. The Labute approximate surface area is 82.7 Å². The Morgan fingerprint density at radius 3 is 2.38 bits per heavy atom. The third-order valence-corrected chi connectivity index (χ3v) is 2.24. The van der Waals surface area contributed by atoms with Gasteiger partial charge in [0.2, 0.25) is 0 Å². The lowest BCUT2D eigenvalue weighted by Gasteiger charge is -2.21. The van der Waals surface area contributed by atoms with Gasteiger partial charge in [0.05, 0.1) is 0 Å². The summed E-state index contributed by atoms with van der Waals surface area (Å²) in [6, 6.07) is 0. The van der Waals surface area contributed by atoms with Crippen LogP contribution in [0.5, 0.6) is 0 Å². The van der Waals surface area contributed by atoms with Crippen molar-refractivity contribution in [3.63, 3.8) is 0 Å². The molecule has 0 aliphatic heterocycles. The van der Waals surface area contributed by atoms with Crippen molar-refractivity contribution in [2.75, 3.05) is 19.7 Å². The highest BCUT2D eigenvalue weighted by molar-refractivity contribution is 4.69. The molecule has 0 aliphatic rings. The van der Waals surface area contributed by atoms with Crippen LogP contribution in [-0.4, -0.2) is 24.8 Å². The molecule has 0 aliphatic carbocycles. The van der Waals surface area contributed by atoms with Gasteiger partial charge in [0.1, 0.15) is 0 Å². The molecule has 0 amide bonds. The van der Waals surface area contributed by atoms with E-state index in [1.165, 1.54) is 25.7 Å². The van der Waals surface area contributed by atoms with Gasteiger partial charge in [-0.15, -0.1) is 0 Å². The maximum Gasteiger partial charge on any atom is 0.0494 e. The zero-order chi connectivity index (χ0) is 10.2. The second-order valence-electron chi connectivity index (χ2n) is 4.56. The fraction of sp³-hybridized carbons (Fsp3) is 1.00. The normalized spacial score (nSPS) is 12.0. The minimum Gasteiger partial charge on any atom is -0.396 e. The van der Waals surface area contributed by atoms with Crippen molar-refractivity contribution in [1.29, 1.82) is 0 Å². The molecule has 2 N–H and O–H groups in total. The highest BCUT2D eigenvalue weighted by Gasteiger charge is 2.14. The summed E-state index contributed by atoms with van der Waals surface area (Å²) in [4.78, 5) is 0. The zero-order valence-electron chi connectivity index (χ0n) is 9.40. The van der Waals surface area contributed by atoms with Gasteiger partial charge in [-0.2, -0.15) is 0 Å². The van der Waals surface area contributed by atoms with Crippen LogP contribution in [0.15, 0.2) is 0 Å². The molecule has 0 bridgehead atoms. The number of aliphatic hydroxyl groups is 1. The van der Waals surface area contributed by atoms with E-state index in [9.17, 15) is 0 Å². The van der Waals surface area contributed by atoms with Gasteiger partial charge in [-0.25, -0.2) is 0 Å². The summed E-state index contributed by atoms with van der Waals surface area (Å²) in [6.07, 6.45) is 5.21. The molecule has 0 spiro atoms. The maximum atomic E-state index is 8.99. The van der Waals surface area contributed by atoms with Crippen molar-refractivity contribution in [1.82, 2.24) is 5.32 Å². The summed E-state index contributed by atoms with van der Waals surface area (Å²) < 4.78 is 0.